The molecule has 0 atom stereocenters. The molecule has 3 nitrogen and oxygen atoms in total. The first-order valence-electron chi connectivity index (χ1n) is 7.15. The van der Waals surface area contributed by atoms with Crippen LogP contribution in [0, 0.1) is 0 Å². The fourth-order valence-electron chi connectivity index (χ4n) is 2.55. The van der Waals surface area contributed by atoms with E-state index in [2.05, 4.69) is 17.1 Å². The summed E-state index contributed by atoms with van der Waals surface area (Å²) in [5.74, 6) is 0.815. The van der Waals surface area contributed by atoms with E-state index in [-0.39, 0.29) is 0 Å². The second-order valence-corrected chi connectivity index (χ2v) is 5.13. The minimum atomic E-state index is 0.594. The van der Waals surface area contributed by atoms with Crippen molar-refractivity contribution in [3.63, 3.8) is 0 Å². The van der Waals surface area contributed by atoms with Crippen LogP contribution in [0.15, 0.2) is 60.7 Å². The number of hydrogen-bond acceptors (Lipinski definition) is 2. The van der Waals surface area contributed by atoms with Crippen LogP contribution in [0.1, 0.15) is 21.6 Å². The number of benzene rings is 2. The van der Waals surface area contributed by atoms with Gasteiger partial charge in [-0.25, -0.2) is 0 Å². The first kappa shape index (κ1) is 14.1. The Hall–Kier alpha value is -2.81. The molecule has 1 N–H and O–H groups in total. The van der Waals surface area contributed by atoms with Crippen LogP contribution in [0.5, 0.6) is 5.75 Å². The molecule has 110 valence electrons. The van der Waals surface area contributed by atoms with Crippen molar-refractivity contribution in [2.45, 2.75) is 6.42 Å². The first-order chi connectivity index (χ1) is 10.8. The van der Waals surface area contributed by atoms with Gasteiger partial charge in [-0.1, -0.05) is 30.3 Å². The van der Waals surface area contributed by atoms with Gasteiger partial charge in [0.15, 0.2) is 6.29 Å². The molecular formula is C19H17NO2. The number of hydrogen-bond donors (Lipinski definition) is 1. The third-order valence-corrected chi connectivity index (χ3v) is 3.66. The Labute approximate surface area is 129 Å². The molecule has 1 aromatic heterocycles. The number of rotatable bonds is 5. The second kappa shape index (κ2) is 6.31. The molecule has 0 unspecified atom stereocenters. The summed E-state index contributed by atoms with van der Waals surface area (Å²) >= 11 is 0. The largest absolute Gasteiger partial charge is 0.497 e. The minimum Gasteiger partial charge on any atom is -0.497 e. The topological polar surface area (TPSA) is 42.1 Å². The highest BCUT2D eigenvalue weighted by molar-refractivity contribution is 5.77. The van der Waals surface area contributed by atoms with Crippen molar-refractivity contribution < 1.29 is 9.53 Å². The highest BCUT2D eigenvalue weighted by atomic mass is 16.5. The molecule has 0 amide bonds. The number of aldehydes is 1. The van der Waals surface area contributed by atoms with Crippen molar-refractivity contribution in [1.82, 2.24) is 4.98 Å². The molecule has 0 bridgehead atoms. The van der Waals surface area contributed by atoms with Crippen LogP contribution >= 0.6 is 0 Å². The van der Waals surface area contributed by atoms with Gasteiger partial charge in [-0.2, -0.15) is 0 Å². The molecule has 0 saturated heterocycles. The van der Waals surface area contributed by atoms with E-state index in [9.17, 15) is 4.79 Å². The zero-order valence-electron chi connectivity index (χ0n) is 12.4. The Morgan fingerprint density at radius 3 is 2.41 bits per heavy atom. The average molecular weight is 291 g/mol. The normalized spacial score (nSPS) is 10.4. The van der Waals surface area contributed by atoms with Crippen LogP contribution in [0.4, 0.5) is 0 Å². The van der Waals surface area contributed by atoms with E-state index in [1.54, 1.807) is 7.11 Å². The second-order valence-electron chi connectivity index (χ2n) is 5.13. The van der Waals surface area contributed by atoms with E-state index < -0.39 is 0 Å². The van der Waals surface area contributed by atoms with Crippen LogP contribution < -0.4 is 4.74 Å². The fourth-order valence-corrected chi connectivity index (χ4v) is 2.55. The number of ether oxygens (including phenoxy) is 1. The quantitative estimate of drug-likeness (QED) is 0.719. The summed E-state index contributed by atoms with van der Waals surface area (Å²) in [7, 11) is 1.65. The van der Waals surface area contributed by atoms with Crippen molar-refractivity contribution in [1.29, 1.82) is 0 Å². The zero-order chi connectivity index (χ0) is 15.4. The zero-order valence-corrected chi connectivity index (χ0v) is 12.4. The molecule has 3 aromatic rings. The summed E-state index contributed by atoms with van der Waals surface area (Å²) in [6, 6.07) is 20.0. The summed E-state index contributed by atoms with van der Waals surface area (Å²) in [6.45, 7) is 0. The minimum absolute atomic E-state index is 0.594. The van der Waals surface area contributed by atoms with Gasteiger partial charge in [0.2, 0.25) is 0 Å². The molecular weight excluding hydrogens is 274 g/mol. The summed E-state index contributed by atoms with van der Waals surface area (Å²) in [6.07, 6.45) is 1.63. The number of aromatic amines is 1. The van der Waals surface area contributed by atoms with Gasteiger partial charge in [-0.3, -0.25) is 4.79 Å². The van der Waals surface area contributed by atoms with Crippen molar-refractivity contribution in [2.75, 3.05) is 7.11 Å². The van der Waals surface area contributed by atoms with Gasteiger partial charge in [0.1, 0.15) is 5.75 Å². The molecule has 0 saturated carbocycles. The molecule has 3 rings (SSSR count). The predicted molar refractivity (Wildman–Crippen MR) is 87.4 cm³/mol. The van der Waals surface area contributed by atoms with E-state index in [1.807, 2.05) is 48.5 Å². The molecule has 1 heterocycles. The lowest BCUT2D eigenvalue weighted by Crippen LogP contribution is -1.90. The number of carbonyl (C=O) groups excluding carboxylic acids is 1. The maximum atomic E-state index is 11.1. The van der Waals surface area contributed by atoms with Crippen LogP contribution in [-0.4, -0.2) is 18.4 Å². The van der Waals surface area contributed by atoms with E-state index in [4.69, 9.17) is 4.74 Å². The smallest absolute Gasteiger partial charge is 0.166 e. The number of methoxy groups -OCH3 is 1. The predicted octanol–water partition coefficient (Wildman–Crippen LogP) is 4.09. The third kappa shape index (κ3) is 2.93. The number of H-pyrrole nitrogens is 1. The van der Waals surface area contributed by atoms with Crippen LogP contribution in [0.2, 0.25) is 0 Å². The Kier molecular flexibility index (Phi) is 4.05. The Balaban J connectivity index is 1.98. The summed E-state index contributed by atoms with van der Waals surface area (Å²) in [4.78, 5) is 14.3. The molecule has 0 aliphatic heterocycles. The van der Waals surface area contributed by atoms with Crippen LogP contribution in [0.25, 0.3) is 11.3 Å². The highest BCUT2D eigenvalue weighted by Gasteiger charge is 2.11. The van der Waals surface area contributed by atoms with Gasteiger partial charge in [0, 0.05) is 5.69 Å². The van der Waals surface area contributed by atoms with Crippen LogP contribution in [0.3, 0.4) is 0 Å². The van der Waals surface area contributed by atoms with Crippen molar-refractivity contribution >= 4 is 6.29 Å². The monoisotopic (exact) mass is 291 g/mol. The highest BCUT2D eigenvalue weighted by Crippen LogP contribution is 2.27. The molecule has 2 aromatic carbocycles. The van der Waals surface area contributed by atoms with Gasteiger partial charge in [-0.05, 0) is 53.4 Å². The van der Waals surface area contributed by atoms with Gasteiger partial charge in [-0.15, -0.1) is 0 Å². The SMILES string of the molecule is COc1ccc(-c2[nH]c(C=O)cc2Cc2ccccc2)cc1. The number of nitrogens with one attached hydrogen (secondary N) is 1. The van der Waals surface area contributed by atoms with Gasteiger partial charge in [0.25, 0.3) is 0 Å². The first-order valence-corrected chi connectivity index (χ1v) is 7.15. The average Bonchev–Trinajstić information content (AvgIpc) is 2.99. The van der Waals surface area contributed by atoms with E-state index in [0.29, 0.717) is 5.69 Å². The van der Waals surface area contributed by atoms with E-state index >= 15 is 0 Å². The number of aromatic nitrogens is 1. The molecule has 22 heavy (non-hydrogen) atoms. The lowest BCUT2D eigenvalue weighted by molar-refractivity contribution is 0.111. The molecule has 0 aliphatic carbocycles. The van der Waals surface area contributed by atoms with E-state index in [0.717, 1.165) is 35.3 Å². The molecule has 0 aliphatic rings. The van der Waals surface area contributed by atoms with Crippen LogP contribution in [-0.2, 0) is 6.42 Å². The Morgan fingerprint density at radius 1 is 1.05 bits per heavy atom. The Bertz CT molecular complexity index is 758. The molecule has 3 heteroatoms. The van der Waals surface area contributed by atoms with Crippen molar-refractivity contribution in [2.24, 2.45) is 0 Å². The third-order valence-electron chi connectivity index (χ3n) is 3.66. The lowest BCUT2D eigenvalue weighted by atomic mass is 10.0. The van der Waals surface area contributed by atoms with Gasteiger partial charge < -0.3 is 9.72 Å². The maximum absolute atomic E-state index is 11.1. The molecule has 0 radical (unpaired) electrons. The molecule has 0 spiro atoms. The van der Waals surface area contributed by atoms with Gasteiger partial charge in [0.05, 0.1) is 12.8 Å². The van der Waals surface area contributed by atoms with Crippen molar-refractivity contribution in [3.8, 4) is 17.0 Å². The van der Waals surface area contributed by atoms with Crippen molar-refractivity contribution in [3.05, 3.63) is 77.5 Å². The van der Waals surface area contributed by atoms with E-state index in [1.165, 1.54) is 5.56 Å². The van der Waals surface area contributed by atoms with Gasteiger partial charge >= 0.3 is 0 Å². The Morgan fingerprint density at radius 2 is 1.77 bits per heavy atom. The summed E-state index contributed by atoms with van der Waals surface area (Å²) in [5.41, 5.74) is 4.94. The standard InChI is InChI=1S/C19H17NO2/c1-22-18-9-7-15(8-10-18)19-16(12-17(13-21)20-19)11-14-5-3-2-4-6-14/h2-10,12-13,20H,11H2,1H3. The number of carbonyl (C=O) groups is 1. The summed E-state index contributed by atoms with van der Waals surface area (Å²) in [5, 5.41) is 0. The molecule has 0 fully saturated rings. The summed E-state index contributed by atoms with van der Waals surface area (Å²) < 4.78 is 5.19. The fraction of sp³-hybridized carbons (Fsp3) is 0.105. The lowest BCUT2D eigenvalue weighted by Gasteiger charge is -2.06. The maximum Gasteiger partial charge on any atom is 0.166 e.